The zero-order valence-electron chi connectivity index (χ0n) is 11.6. The van der Waals surface area contributed by atoms with Gasteiger partial charge in [-0.15, -0.1) is 0 Å². The molecule has 1 aliphatic rings. The van der Waals surface area contributed by atoms with Gasteiger partial charge in [0.25, 0.3) is 0 Å². The minimum Gasteiger partial charge on any atom is -0.545 e. The third-order valence-electron chi connectivity index (χ3n) is 4.65. The van der Waals surface area contributed by atoms with Gasteiger partial charge < -0.3 is 15.2 Å². The lowest BCUT2D eigenvalue weighted by atomic mass is 10.0. The Bertz CT molecular complexity index is 532. The van der Waals surface area contributed by atoms with Crippen LogP contribution in [0.5, 0.6) is 0 Å². The number of hydrogen-bond acceptors (Lipinski definition) is 3. The number of aromatic carboxylic acids is 1. The number of anilines is 1. The molecule has 0 unspecified atom stereocenters. The minimum atomic E-state index is -1.25. The first-order valence-electron chi connectivity index (χ1n) is 6.30. The molecule has 1 N–H and O–H groups in total. The van der Waals surface area contributed by atoms with Gasteiger partial charge in [-0.1, -0.05) is 39.8 Å². The van der Waals surface area contributed by atoms with Crippen LogP contribution in [0.25, 0.3) is 0 Å². The molecular formula is C15H18NO3-. The summed E-state index contributed by atoms with van der Waals surface area (Å²) < 4.78 is 0. The van der Waals surface area contributed by atoms with Gasteiger partial charge in [0.15, 0.2) is 0 Å². The van der Waals surface area contributed by atoms with Crippen LogP contribution in [-0.2, 0) is 4.79 Å². The first kappa shape index (κ1) is 13.6. The molecule has 0 aliphatic heterocycles. The normalized spacial score (nSPS) is 19.8. The van der Waals surface area contributed by atoms with E-state index in [1.165, 1.54) is 12.1 Å². The maximum absolute atomic E-state index is 12.2. The van der Waals surface area contributed by atoms with Crippen molar-refractivity contribution in [1.29, 1.82) is 0 Å². The van der Waals surface area contributed by atoms with Crippen molar-refractivity contribution in [1.82, 2.24) is 0 Å². The quantitative estimate of drug-likeness (QED) is 0.898. The lowest BCUT2D eigenvalue weighted by Gasteiger charge is -2.09. The Kier molecular flexibility index (Phi) is 2.92. The Morgan fingerprint density at radius 2 is 1.74 bits per heavy atom. The summed E-state index contributed by atoms with van der Waals surface area (Å²) in [5, 5.41) is 13.5. The van der Waals surface area contributed by atoms with Crippen LogP contribution in [0.1, 0.15) is 38.1 Å². The predicted octanol–water partition coefficient (Wildman–Crippen LogP) is 1.67. The van der Waals surface area contributed by atoms with Gasteiger partial charge in [-0.05, 0) is 28.5 Å². The zero-order chi connectivity index (χ0) is 14.4. The van der Waals surface area contributed by atoms with Crippen LogP contribution >= 0.6 is 0 Å². The fourth-order valence-corrected chi connectivity index (χ4v) is 2.79. The summed E-state index contributed by atoms with van der Waals surface area (Å²) in [6, 6.07) is 6.11. The fourth-order valence-electron chi connectivity index (χ4n) is 2.79. The standard InChI is InChI=1S/C15H19NO3/c1-14(2)11(15(14,3)4)12(17)16-10-7-5-6-9(8-10)13(18)19/h5-8,11H,1-4H3,(H,16,17)(H,18,19)/p-1. The van der Waals surface area contributed by atoms with E-state index in [9.17, 15) is 14.7 Å². The van der Waals surface area contributed by atoms with Crippen LogP contribution in [0.2, 0.25) is 0 Å². The van der Waals surface area contributed by atoms with E-state index in [1.807, 2.05) is 0 Å². The molecule has 1 aromatic rings. The lowest BCUT2D eigenvalue weighted by Crippen LogP contribution is -2.23. The number of amides is 1. The Morgan fingerprint density at radius 3 is 2.21 bits per heavy atom. The van der Waals surface area contributed by atoms with E-state index < -0.39 is 5.97 Å². The number of carbonyl (C=O) groups excluding carboxylic acids is 2. The Morgan fingerprint density at radius 1 is 1.16 bits per heavy atom. The summed E-state index contributed by atoms with van der Waals surface area (Å²) in [6.45, 7) is 8.26. The second-order valence-electron chi connectivity index (χ2n) is 6.23. The number of carbonyl (C=O) groups is 2. The summed E-state index contributed by atoms with van der Waals surface area (Å²) >= 11 is 0. The Balaban J connectivity index is 2.13. The number of rotatable bonds is 3. The first-order chi connectivity index (χ1) is 8.68. The number of nitrogens with one attached hydrogen (secondary N) is 1. The van der Waals surface area contributed by atoms with Gasteiger partial charge in [0, 0.05) is 11.6 Å². The number of carboxylic acid groups (broad SMARTS) is 1. The van der Waals surface area contributed by atoms with E-state index in [2.05, 4.69) is 33.0 Å². The molecule has 1 saturated carbocycles. The largest absolute Gasteiger partial charge is 0.545 e. The third kappa shape index (κ3) is 2.11. The summed E-state index contributed by atoms with van der Waals surface area (Å²) in [5.41, 5.74) is 0.476. The van der Waals surface area contributed by atoms with Crippen LogP contribution < -0.4 is 10.4 Å². The second-order valence-corrected chi connectivity index (χ2v) is 6.23. The first-order valence-corrected chi connectivity index (χ1v) is 6.30. The predicted molar refractivity (Wildman–Crippen MR) is 70.5 cm³/mol. The molecule has 0 spiro atoms. The van der Waals surface area contributed by atoms with E-state index in [0.29, 0.717) is 5.69 Å². The van der Waals surface area contributed by atoms with E-state index in [1.54, 1.807) is 12.1 Å². The van der Waals surface area contributed by atoms with Crippen LogP contribution in [0.3, 0.4) is 0 Å². The summed E-state index contributed by atoms with van der Waals surface area (Å²) in [4.78, 5) is 23.0. The molecule has 0 bridgehead atoms. The maximum Gasteiger partial charge on any atom is 0.228 e. The van der Waals surface area contributed by atoms with Crippen molar-refractivity contribution in [2.75, 3.05) is 5.32 Å². The molecule has 0 radical (unpaired) electrons. The summed E-state index contributed by atoms with van der Waals surface area (Å²) in [5.74, 6) is -1.37. The topological polar surface area (TPSA) is 69.2 Å². The highest BCUT2D eigenvalue weighted by atomic mass is 16.4. The highest BCUT2D eigenvalue weighted by Gasteiger charge is 2.68. The maximum atomic E-state index is 12.2. The summed E-state index contributed by atoms with van der Waals surface area (Å²) in [6.07, 6.45) is 0. The molecule has 102 valence electrons. The van der Waals surface area contributed by atoms with Crippen molar-refractivity contribution < 1.29 is 14.7 Å². The second kappa shape index (κ2) is 4.08. The van der Waals surface area contributed by atoms with Crippen LogP contribution in [0, 0.1) is 16.7 Å². The molecule has 4 nitrogen and oxygen atoms in total. The SMILES string of the molecule is CC1(C)C(C(=O)Nc2cccc(C(=O)[O-])c2)C1(C)C. The molecule has 1 aromatic carbocycles. The van der Waals surface area contributed by atoms with E-state index >= 15 is 0 Å². The van der Waals surface area contributed by atoms with Crippen molar-refractivity contribution >= 4 is 17.6 Å². The monoisotopic (exact) mass is 260 g/mol. The molecule has 19 heavy (non-hydrogen) atoms. The molecule has 0 saturated heterocycles. The van der Waals surface area contributed by atoms with Crippen molar-refractivity contribution in [2.24, 2.45) is 16.7 Å². The van der Waals surface area contributed by atoms with Crippen molar-refractivity contribution in [2.45, 2.75) is 27.7 Å². The van der Waals surface area contributed by atoms with Crippen LogP contribution in [0.15, 0.2) is 24.3 Å². The van der Waals surface area contributed by atoms with Gasteiger partial charge in [-0.3, -0.25) is 4.79 Å². The van der Waals surface area contributed by atoms with Gasteiger partial charge in [0.1, 0.15) is 0 Å². The van der Waals surface area contributed by atoms with E-state index in [0.717, 1.165) is 0 Å². The van der Waals surface area contributed by atoms with E-state index in [-0.39, 0.29) is 28.2 Å². The molecule has 1 fully saturated rings. The average Bonchev–Trinajstić information content (AvgIpc) is 2.69. The van der Waals surface area contributed by atoms with Gasteiger partial charge in [0.05, 0.1) is 5.97 Å². The fraction of sp³-hybridized carbons (Fsp3) is 0.467. The smallest absolute Gasteiger partial charge is 0.228 e. The molecule has 2 rings (SSSR count). The Hall–Kier alpha value is -1.84. The molecule has 0 heterocycles. The molecular weight excluding hydrogens is 242 g/mol. The van der Waals surface area contributed by atoms with Gasteiger partial charge in [-0.2, -0.15) is 0 Å². The van der Waals surface area contributed by atoms with Crippen LogP contribution in [0.4, 0.5) is 5.69 Å². The van der Waals surface area contributed by atoms with Crippen molar-refractivity contribution in [3.63, 3.8) is 0 Å². The average molecular weight is 260 g/mol. The highest BCUT2D eigenvalue weighted by molar-refractivity contribution is 5.97. The molecule has 1 amide bonds. The highest BCUT2D eigenvalue weighted by Crippen LogP contribution is 2.68. The third-order valence-corrected chi connectivity index (χ3v) is 4.65. The molecule has 1 aliphatic carbocycles. The number of hydrogen-bond donors (Lipinski definition) is 1. The molecule has 4 heteroatoms. The molecule has 0 atom stereocenters. The van der Waals surface area contributed by atoms with Gasteiger partial charge in [-0.25, -0.2) is 0 Å². The van der Waals surface area contributed by atoms with Crippen molar-refractivity contribution in [3.05, 3.63) is 29.8 Å². The molecule has 0 aromatic heterocycles. The minimum absolute atomic E-state index is 0.0386. The van der Waals surface area contributed by atoms with Gasteiger partial charge >= 0.3 is 0 Å². The van der Waals surface area contributed by atoms with Crippen molar-refractivity contribution in [3.8, 4) is 0 Å². The summed E-state index contributed by atoms with van der Waals surface area (Å²) in [7, 11) is 0. The zero-order valence-corrected chi connectivity index (χ0v) is 11.6. The number of benzene rings is 1. The van der Waals surface area contributed by atoms with Crippen LogP contribution in [-0.4, -0.2) is 11.9 Å². The number of carboxylic acids is 1. The lowest BCUT2D eigenvalue weighted by molar-refractivity contribution is -0.255. The van der Waals surface area contributed by atoms with Gasteiger partial charge in [0.2, 0.25) is 5.91 Å². The van der Waals surface area contributed by atoms with E-state index in [4.69, 9.17) is 0 Å². The Labute approximate surface area is 112 Å².